The summed E-state index contributed by atoms with van der Waals surface area (Å²) in [5, 5.41) is -1.72. The average Bonchev–Trinajstić information content (AvgIpc) is 2.47. The molecule has 6 heteroatoms. The Morgan fingerprint density at radius 3 is 1.18 bits per heavy atom. The van der Waals surface area contributed by atoms with Crippen LogP contribution >= 0.6 is 0 Å². The number of rotatable bonds is 4. The van der Waals surface area contributed by atoms with Gasteiger partial charge in [0.25, 0.3) is 0 Å². The summed E-state index contributed by atoms with van der Waals surface area (Å²) in [6.45, 7) is 0. The van der Waals surface area contributed by atoms with Crippen molar-refractivity contribution in [2.24, 2.45) is 0 Å². The van der Waals surface area contributed by atoms with E-state index in [9.17, 15) is 16.8 Å². The second-order valence-electron chi connectivity index (χ2n) is 5.37. The van der Waals surface area contributed by atoms with Gasteiger partial charge in [-0.1, -0.05) is 36.4 Å². The molecule has 1 fully saturated rings. The van der Waals surface area contributed by atoms with Crippen molar-refractivity contribution in [2.75, 3.05) is 0 Å². The fraction of sp³-hybridized carbons (Fsp3) is 0.250. The first kappa shape index (κ1) is 15.2. The Morgan fingerprint density at radius 2 is 0.909 bits per heavy atom. The lowest BCUT2D eigenvalue weighted by Crippen LogP contribution is -2.47. The summed E-state index contributed by atoms with van der Waals surface area (Å²) in [4.78, 5) is 0.376. The molecule has 0 aromatic heterocycles. The third-order valence-corrected chi connectivity index (χ3v) is 8.84. The molecule has 2 atom stereocenters. The normalized spacial score (nSPS) is 22.0. The summed E-state index contributed by atoms with van der Waals surface area (Å²) in [7, 11) is -7.24. The van der Waals surface area contributed by atoms with E-state index in [0.717, 1.165) is 0 Å². The molecule has 0 bridgehead atoms. The quantitative estimate of drug-likeness (QED) is 0.860. The topological polar surface area (TPSA) is 68.3 Å². The molecule has 0 saturated heterocycles. The van der Waals surface area contributed by atoms with Crippen LogP contribution in [0.25, 0.3) is 0 Å². The summed E-state index contributed by atoms with van der Waals surface area (Å²) < 4.78 is 50.6. The highest BCUT2D eigenvalue weighted by Gasteiger charge is 2.48. The Balaban J connectivity index is 1.96. The van der Waals surface area contributed by atoms with Gasteiger partial charge >= 0.3 is 0 Å². The van der Waals surface area contributed by atoms with E-state index in [1.165, 1.54) is 24.3 Å². The van der Waals surface area contributed by atoms with Crippen LogP contribution in [0.3, 0.4) is 0 Å². The summed E-state index contributed by atoms with van der Waals surface area (Å²) >= 11 is 0. The second-order valence-corrected chi connectivity index (χ2v) is 9.70. The van der Waals surface area contributed by atoms with Gasteiger partial charge in [0.05, 0.1) is 20.3 Å². The zero-order valence-corrected chi connectivity index (χ0v) is 13.4. The highest BCUT2D eigenvalue weighted by molar-refractivity contribution is 7.96. The molecular weight excluding hydrogens is 320 g/mol. The number of benzene rings is 2. The lowest BCUT2D eigenvalue weighted by molar-refractivity contribution is 0.460. The van der Waals surface area contributed by atoms with Crippen molar-refractivity contribution in [2.45, 2.75) is 33.1 Å². The third-order valence-electron chi connectivity index (χ3n) is 4.09. The fourth-order valence-corrected chi connectivity index (χ4v) is 7.33. The van der Waals surface area contributed by atoms with Crippen molar-refractivity contribution >= 4 is 19.7 Å². The lowest BCUT2D eigenvalue weighted by atomic mass is 9.99. The maximum absolute atomic E-state index is 12.6. The molecule has 0 unspecified atom stereocenters. The van der Waals surface area contributed by atoms with Crippen molar-refractivity contribution in [3.8, 4) is 0 Å². The number of hydrogen-bond donors (Lipinski definition) is 0. The lowest BCUT2D eigenvalue weighted by Gasteiger charge is -2.35. The van der Waals surface area contributed by atoms with Gasteiger partial charge in [-0.3, -0.25) is 0 Å². The standard InChI is InChI=1S/C16H16O4S2/c17-21(18,13-7-3-1-4-8-13)15-11-12-16(15)22(19,20)14-9-5-2-6-10-14/h1-10,15-16H,11-12H2/t15-,16-/m1/s1. The molecule has 22 heavy (non-hydrogen) atoms. The van der Waals surface area contributed by atoms with E-state index < -0.39 is 30.2 Å². The van der Waals surface area contributed by atoms with Crippen molar-refractivity contribution < 1.29 is 16.8 Å². The van der Waals surface area contributed by atoms with Crippen LogP contribution in [0.15, 0.2) is 70.5 Å². The minimum Gasteiger partial charge on any atom is -0.223 e. The SMILES string of the molecule is O=S(=O)(c1ccccc1)[C@@H]1CC[C@H]1S(=O)(=O)c1ccccc1. The maximum Gasteiger partial charge on any atom is 0.182 e. The van der Waals surface area contributed by atoms with Gasteiger partial charge < -0.3 is 0 Å². The first-order chi connectivity index (χ1) is 10.4. The molecule has 0 radical (unpaired) electrons. The van der Waals surface area contributed by atoms with Crippen molar-refractivity contribution in [1.29, 1.82) is 0 Å². The zero-order chi connectivity index (χ0) is 15.8. The maximum atomic E-state index is 12.6. The van der Waals surface area contributed by atoms with Crippen LogP contribution < -0.4 is 0 Å². The molecule has 0 N–H and O–H groups in total. The molecule has 2 aromatic carbocycles. The minimum atomic E-state index is -3.62. The first-order valence-corrected chi connectivity index (χ1v) is 10.1. The van der Waals surface area contributed by atoms with Crippen LogP contribution in [-0.2, 0) is 19.7 Å². The monoisotopic (exact) mass is 336 g/mol. The van der Waals surface area contributed by atoms with E-state index in [0.29, 0.717) is 12.8 Å². The van der Waals surface area contributed by atoms with E-state index in [-0.39, 0.29) is 9.79 Å². The van der Waals surface area contributed by atoms with E-state index in [1.54, 1.807) is 36.4 Å². The van der Waals surface area contributed by atoms with E-state index in [2.05, 4.69) is 0 Å². The van der Waals surface area contributed by atoms with Gasteiger partial charge in [0, 0.05) is 0 Å². The van der Waals surface area contributed by atoms with E-state index >= 15 is 0 Å². The average molecular weight is 336 g/mol. The molecule has 0 spiro atoms. The summed E-state index contributed by atoms with van der Waals surface area (Å²) in [5.74, 6) is 0. The van der Waals surface area contributed by atoms with Crippen molar-refractivity contribution in [3.05, 3.63) is 60.7 Å². The van der Waals surface area contributed by atoms with Gasteiger partial charge in [-0.25, -0.2) is 16.8 Å². The molecule has 2 aromatic rings. The fourth-order valence-electron chi connectivity index (χ4n) is 2.72. The number of hydrogen-bond acceptors (Lipinski definition) is 4. The molecule has 0 aliphatic heterocycles. The van der Waals surface area contributed by atoms with Gasteiger partial charge in [-0.15, -0.1) is 0 Å². The van der Waals surface area contributed by atoms with Crippen molar-refractivity contribution in [1.82, 2.24) is 0 Å². The summed E-state index contributed by atoms with van der Waals surface area (Å²) in [5.41, 5.74) is 0. The van der Waals surface area contributed by atoms with Gasteiger partial charge in [-0.2, -0.15) is 0 Å². The Hall–Kier alpha value is -1.66. The van der Waals surface area contributed by atoms with Gasteiger partial charge in [0.2, 0.25) is 0 Å². The van der Waals surface area contributed by atoms with Crippen LogP contribution in [0.4, 0.5) is 0 Å². The molecule has 0 heterocycles. The smallest absolute Gasteiger partial charge is 0.182 e. The van der Waals surface area contributed by atoms with Gasteiger partial charge in [0.1, 0.15) is 0 Å². The molecule has 1 aliphatic rings. The Morgan fingerprint density at radius 1 is 0.591 bits per heavy atom. The van der Waals surface area contributed by atoms with Crippen molar-refractivity contribution in [3.63, 3.8) is 0 Å². The Bertz CT molecular complexity index is 781. The third kappa shape index (κ3) is 2.46. The predicted octanol–water partition coefficient (Wildman–Crippen LogP) is 2.47. The van der Waals surface area contributed by atoms with Crippen LogP contribution in [0.1, 0.15) is 12.8 Å². The summed E-state index contributed by atoms with van der Waals surface area (Å²) in [6.07, 6.45) is 0.766. The zero-order valence-electron chi connectivity index (χ0n) is 11.8. The summed E-state index contributed by atoms with van der Waals surface area (Å²) in [6, 6.07) is 16.1. The largest absolute Gasteiger partial charge is 0.223 e. The van der Waals surface area contributed by atoms with Gasteiger partial charge in [0.15, 0.2) is 19.7 Å². The van der Waals surface area contributed by atoms with Crippen LogP contribution in [-0.4, -0.2) is 27.3 Å². The number of sulfone groups is 2. The van der Waals surface area contributed by atoms with E-state index in [1.807, 2.05) is 0 Å². The van der Waals surface area contributed by atoms with Crippen LogP contribution in [0.5, 0.6) is 0 Å². The molecule has 3 rings (SSSR count). The molecular formula is C16H16O4S2. The Kier molecular flexibility index (Phi) is 3.82. The predicted molar refractivity (Wildman–Crippen MR) is 84.1 cm³/mol. The molecule has 116 valence electrons. The Labute approximate surface area is 130 Å². The molecule has 1 saturated carbocycles. The van der Waals surface area contributed by atoms with Gasteiger partial charge in [-0.05, 0) is 37.1 Å². The highest BCUT2D eigenvalue weighted by Crippen LogP contribution is 2.38. The minimum absolute atomic E-state index is 0.188. The first-order valence-electron chi connectivity index (χ1n) is 7.02. The molecule has 0 amide bonds. The van der Waals surface area contributed by atoms with E-state index in [4.69, 9.17) is 0 Å². The van der Waals surface area contributed by atoms with Crippen LogP contribution in [0, 0.1) is 0 Å². The highest BCUT2D eigenvalue weighted by atomic mass is 32.2. The molecule has 1 aliphatic carbocycles. The molecule has 4 nitrogen and oxygen atoms in total. The van der Waals surface area contributed by atoms with Crippen LogP contribution in [0.2, 0.25) is 0 Å². The second kappa shape index (κ2) is 5.52.